The van der Waals surface area contributed by atoms with E-state index in [1.54, 1.807) is 31.2 Å². The molecule has 2 aliphatic heterocycles. The zero-order valence-electron chi connectivity index (χ0n) is 17.1. The smallest absolute Gasteiger partial charge is 0.323 e. The number of carbonyl (C=O) groups is 3. The van der Waals surface area contributed by atoms with E-state index in [0.29, 0.717) is 23.8 Å². The molecule has 1 fully saturated rings. The van der Waals surface area contributed by atoms with E-state index in [1.165, 1.54) is 4.90 Å². The van der Waals surface area contributed by atoms with Crippen molar-refractivity contribution in [2.24, 2.45) is 5.92 Å². The van der Waals surface area contributed by atoms with Crippen LogP contribution in [0.25, 0.3) is 0 Å². The minimum atomic E-state index is -1.13. The van der Waals surface area contributed by atoms with E-state index < -0.39 is 36.5 Å². The van der Waals surface area contributed by atoms with Gasteiger partial charge in [-0.3, -0.25) is 24.6 Å². The molecule has 0 radical (unpaired) electrons. The number of aliphatic carboxylic acids is 1. The Bertz CT molecular complexity index is 765. The number of benzene rings is 1. The van der Waals surface area contributed by atoms with Gasteiger partial charge < -0.3 is 19.9 Å². The lowest BCUT2D eigenvalue weighted by molar-refractivity contribution is -0.147. The molecule has 2 atom stereocenters. The Balaban J connectivity index is 1.79. The molecule has 164 valence electrons. The molecule has 0 aromatic heterocycles. The fourth-order valence-electron chi connectivity index (χ4n) is 3.94. The number of carboxylic acid groups (broad SMARTS) is 1. The van der Waals surface area contributed by atoms with Crippen molar-refractivity contribution in [3.8, 4) is 5.75 Å². The summed E-state index contributed by atoms with van der Waals surface area (Å²) in [4.78, 5) is 38.4. The molecule has 9 heteroatoms. The number of rotatable bonds is 8. The molecule has 1 aromatic rings. The molecule has 2 heterocycles. The van der Waals surface area contributed by atoms with Crippen LogP contribution in [0.15, 0.2) is 24.3 Å². The number of nitrogens with one attached hydrogen (secondary N) is 2. The SMILES string of the molecule is CCOC(=O)C(CC1CCNCC1)N[C@H]1COc2ccccc2N(CC(=O)O)C1=O. The fourth-order valence-corrected chi connectivity index (χ4v) is 3.94. The summed E-state index contributed by atoms with van der Waals surface area (Å²) < 4.78 is 11.0. The number of carbonyl (C=O) groups excluding carboxylic acids is 2. The topological polar surface area (TPSA) is 117 Å². The fraction of sp³-hybridized carbons (Fsp3) is 0.571. The van der Waals surface area contributed by atoms with Gasteiger partial charge in [-0.25, -0.2) is 0 Å². The Morgan fingerprint density at radius 3 is 2.77 bits per heavy atom. The second-order valence-electron chi connectivity index (χ2n) is 7.55. The molecule has 0 bridgehead atoms. The van der Waals surface area contributed by atoms with E-state index in [0.717, 1.165) is 25.9 Å². The van der Waals surface area contributed by atoms with Crippen molar-refractivity contribution in [2.45, 2.75) is 38.3 Å². The van der Waals surface area contributed by atoms with E-state index in [-0.39, 0.29) is 13.2 Å². The van der Waals surface area contributed by atoms with Crippen molar-refractivity contribution in [1.29, 1.82) is 0 Å². The van der Waals surface area contributed by atoms with Crippen LogP contribution in [-0.4, -0.2) is 67.9 Å². The number of hydrogen-bond donors (Lipinski definition) is 3. The summed E-state index contributed by atoms with van der Waals surface area (Å²) in [6.07, 6.45) is 2.45. The zero-order valence-corrected chi connectivity index (χ0v) is 17.1. The van der Waals surface area contributed by atoms with Crippen molar-refractivity contribution in [2.75, 3.05) is 37.7 Å². The third kappa shape index (κ3) is 5.48. The van der Waals surface area contributed by atoms with E-state index in [4.69, 9.17) is 9.47 Å². The van der Waals surface area contributed by atoms with Gasteiger partial charge in [0, 0.05) is 0 Å². The Morgan fingerprint density at radius 2 is 2.07 bits per heavy atom. The van der Waals surface area contributed by atoms with Crippen LogP contribution in [0.5, 0.6) is 5.75 Å². The lowest BCUT2D eigenvalue weighted by Crippen LogP contribution is -2.55. The van der Waals surface area contributed by atoms with Crippen LogP contribution < -0.4 is 20.3 Å². The predicted molar refractivity (Wildman–Crippen MR) is 109 cm³/mol. The summed E-state index contributed by atoms with van der Waals surface area (Å²) in [7, 11) is 0. The quantitative estimate of drug-likeness (QED) is 0.529. The number of hydrogen-bond acceptors (Lipinski definition) is 7. The number of para-hydroxylation sites is 2. The second kappa shape index (κ2) is 10.4. The summed E-state index contributed by atoms with van der Waals surface area (Å²) in [5.74, 6) is -1.21. The van der Waals surface area contributed by atoms with E-state index >= 15 is 0 Å². The van der Waals surface area contributed by atoms with Gasteiger partial charge in [-0.2, -0.15) is 0 Å². The number of anilines is 1. The summed E-state index contributed by atoms with van der Waals surface area (Å²) in [6, 6.07) is 5.28. The van der Waals surface area contributed by atoms with Gasteiger partial charge in [0.05, 0.1) is 12.3 Å². The number of esters is 1. The summed E-state index contributed by atoms with van der Waals surface area (Å²) in [6.45, 7) is 3.28. The highest BCUT2D eigenvalue weighted by atomic mass is 16.5. The first-order valence-corrected chi connectivity index (χ1v) is 10.4. The molecule has 30 heavy (non-hydrogen) atoms. The average molecular weight is 419 g/mol. The number of carboxylic acids is 1. The molecule has 1 amide bonds. The summed E-state index contributed by atoms with van der Waals surface area (Å²) >= 11 is 0. The molecule has 1 unspecified atom stereocenters. The number of fused-ring (bicyclic) bond motifs is 1. The minimum absolute atomic E-state index is 0.00586. The van der Waals surface area contributed by atoms with Crippen LogP contribution in [0, 0.1) is 5.92 Å². The van der Waals surface area contributed by atoms with Crippen molar-refractivity contribution >= 4 is 23.5 Å². The predicted octanol–water partition coefficient (Wildman–Crippen LogP) is 0.776. The number of amides is 1. The van der Waals surface area contributed by atoms with Gasteiger partial charge in [-0.05, 0) is 57.3 Å². The highest BCUT2D eigenvalue weighted by Crippen LogP contribution is 2.31. The third-order valence-corrected chi connectivity index (χ3v) is 5.42. The Kier molecular flexibility index (Phi) is 7.64. The normalized spacial score (nSPS) is 20.6. The van der Waals surface area contributed by atoms with Crippen LogP contribution in [-0.2, 0) is 19.1 Å². The van der Waals surface area contributed by atoms with Gasteiger partial charge in [0.25, 0.3) is 0 Å². The number of nitrogens with zero attached hydrogens (tertiary/aromatic N) is 1. The molecule has 2 aliphatic rings. The molecule has 1 aromatic carbocycles. The van der Waals surface area contributed by atoms with Gasteiger partial charge in [-0.1, -0.05) is 12.1 Å². The average Bonchev–Trinajstić information content (AvgIpc) is 2.86. The van der Waals surface area contributed by atoms with E-state index in [1.807, 2.05) is 0 Å². The third-order valence-electron chi connectivity index (χ3n) is 5.42. The van der Waals surface area contributed by atoms with Crippen LogP contribution in [0.3, 0.4) is 0 Å². The highest BCUT2D eigenvalue weighted by Gasteiger charge is 2.36. The summed E-state index contributed by atoms with van der Waals surface area (Å²) in [5, 5.41) is 15.7. The Labute approximate surface area is 175 Å². The van der Waals surface area contributed by atoms with Crippen molar-refractivity contribution in [1.82, 2.24) is 10.6 Å². The lowest BCUT2D eigenvalue weighted by atomic mass is 9.90. The monoisotopic (exact) mass is 419 g/mol. The lowest BCUT2D eigenvalue weighted by Gasteiger charge is -2.29. The maximum Gasteiger partial charge on any atom is 0.323 e. The maximum absolute atomic E-state index is 13.2. The molecular weight excluding hydrogens is 390 g/mol. The largest absolute Gasteiger partial charge is 0.489 e. The van der Waals surface area contributed by atoms with Gasteiger partial charge >= 0.3 is 11.9 Å². The minimum Gasteiger partial charge on any atom is -0.489 e. The molecule has 0 saturated carbocycles. The van der Waals surface area contributed by atoms with Crippen molar-refractivity contribution in [3.05, 3.63) is 24.3 Å². The van der Waals surface area contributed by atoms with Gasteiger partial charge in [0.1, 0.15) is 31.0 Å². The molecule has 3 N–H and O–H groups in total. The van der Waals surface area contributed by atoms with E-state index in [9.17, 15) is 19.5 Å². The standard InChI is InChI=1S/C21H29N3O6/c1-2-29-21(28)15(11-14-7-9-22-10-8-14)23-16-13-30-18-6-4-3-5-17(18)24(20(16)27)12-19(25)26/h3-6,14-16,22-23H,2,7-13H2,1H3,(H,25,26)/t15?,16-/m0/s1. The molecule has 1 saturated heterocycles. The van der Waals surface area contributed by atoms with E-state index in [2.05, 4.69) is 10.6 Å². The van der Waals surface area contributed by atoms with Crippen LogP contribution in [0.2, 0.25) is 0 Å². The summed E-state index contributed by atoms with van der Waals surface area (Å²) in [5.41, 5.74) is 0.403. The first-order chi connectivity index (χ1) is 14.5. The molecule has 0 spiro atoms. The molecule has 9 nitrogen and oxygen atoms in total. The maximum atomic E-state index is 13.2. The Morgan fingerprint density at radius 1 is 1.33 bits per heavy atom. The number of ether oxygens (including phenoxy) is 2. The molecule has 3 rings (SSSR count). The van der Waals surface area contributed by atoms with Crippen LogP contribution in [0.1, 0.15) is 26.2 Å². The second-order valence-corrected chi connectivity index (χ2v) is 7.55. The Hall–Kier alpha value is -2.65. The van der Waals surface area contributed by atoms with Gasteiger partial charge in [-0.15, -0.1) is 0 Å². The first kappa shape index (κ1) is 22.0. The van der Waals surface area contributed by atoms with Crippen LogP contribution in [0.4, 0.5) is 5.69 Å². The highest BCUT2D eigenvalue weighted by molar-refractivity contribution is 6.02. The zero-order chi connectivity index (χ0) is 21.5. The molecule has 0 aliphatic carbocycles. The van der Waals surface area contributed by atoms with Crippen molar-refractivity contribution < 1.29 is 29.0 Å². The molecular formula is C21H29N3O6. The van der Waals surface area contributed by atoms with Crippen molar-refractivity contribution in [3.63, 3.8) is 0 Å². The number of piperidine rings is 1. The van der Waals surface area contributed by atoms with Gasteiger partial charge in [0.2, 0.25) is 5.91 Å². The first-order valence-electron chi connectivity index (χ1n) is 10.4. The van der Waals surface area contributed by atoms with Gasteiger partial charge in [0.15, 0.2) is 0 Å². The van der Waals surface area contributed by atoms with Crippen LogP contribution >= 0.6 is 0 Å².